The van der Waals surface area contributed by atoms with Gasteiger partial charge in [0, 0.05) is 19.7 Å². The van der Waals surface area contributed by atoms with Gasteiger partial charge in [-0.2, -0.15) is 0 Å². The van der Waals surface area contributed by atoms with E-state index in [9.17, 15) is 9.59 Å². The summed E-state index contributed by atoms with van der Waals surface area (Å²) >= 11 is 0. The van der Waals surface area contributed by atoms with E-state index in [1.54, 1.807) is 38.4 Å². The number of benzene rings is 2. The van der Waals surface area contributed by atoms with E-state index in [0.29, 0.717) is 11.3 Å². The predicted molar refractivity (Wildman–Crippen MR) is 95.4 cm³/mol. The molecule has 2 rings (SSSR count). The van der Waals surface area contributed by atoms with Crippen molar-refractivity contribution in [2.75, 3.05) is 20.7 Å². The maximum Gasteiger partial charge on any atom is 0.345 e. The number of esters is 1. The van der Waals surface area contributed by atoms with E-state index in [-0.39, 0.29) is 12.5 Å². The average molecular weight is 341 g/mol. The third-order valence-electron chi connectivity index (χ3n) is 3.69. The smallest absolute Gasteiger partial charge is 0.345 e. The summed E-state index contributed by atoms with van der Waals surface area (Å²) in [5.41, 5.74) is 2.69. The molecule has 0 aliphatic rings. The quantitative estimate of drug-likeness (QED) is 0.758. The minimum absolute atomic E-state index is 0.256. The molecule has 1 amide bonds. The largest absolute Gasteiger partial charge is 0.482 e. The third-order valence-corrected chi connectivity index (χ3v) is 3.69. The molecule has 2 aromatic rings. The number of carbonyl (C=O) groups is 2. The maximum absolute atomic E-state index is 12.4. The zero-order valence-electron chi connectivity index (χ0n) is 15.0. The molecule has 1 atom stereocenters. The molecule has 132 valence electrons. The zero-order chi connectivity index (χ0) is 18.4. The van der Waals surface area contributed by atoms with Crippen LogP contribution in [0.2, 0.25) is 0 Å². The van der Waals surface area contributed by atoms with Crippen LogP contribution >= 0.6 is 0 Å². The molecule has 0 fully saturated rings. The first kappa shape index (κ1) is 18.5. The van der Waals surface area contributed by atoms with E-state index in [1.807, 2.05) is 38.1 Å². The Bertz CT molecular complexity index is 741. The molecule has 0 unspecified atom stereocenters. The van der Waals surface area contributed by atoms with E-state index >= 15 is 0 Å². The van der Waals surface area contributed by atoms with Gasteiger partial charge in [-0.1, -0.05) is 48.0 Å². The Kier molecular flexibility index (Phi) is 6.17. The minimum atomic E-state index is -0.980. The Balaban J connectivity index is 2.05. The van der Waals surface area contributed by atoms with Gasteiger partial charge >= 0.3 is 5.97 Å². The molecule has 0 radical (unpaired) electrons. The minimum Gasteiger partial charge on any atom is -0.482 e. The summed E-state index contributed by atoms with van der Waals surface area (Å²) in [6.45, 7) is 3.65. The first-order valence-electron chi connectivity index (χ1n) is 8.04. The van der Waals surface area contributed by atoms with Crippen molar-refractivity contribution in [2.45, 2.75) is 20.0 Å². The van der Waals surface area contributed by atoms with Crippen LogP contribution < -0.4 is 4.74 Å². The summed E-state index contributed by atoms with van der Waals surface area (Å²) in [6.07, 6.45) is -0.980. The lowest BCUT2D eigenvalue weighted by Gasteiger charge is -2.21. The number of ether oxygens (including phenoxy) is 2. The molecule has 0 saturated heterocycles. The van der Waals surface area contributed by atoms with Crippen LogP contribution in [0.5, 0.6) is 5.75 Å². The second-order valence-electron chi connectivity index (χ2n) is 6.07. The van der Waals surface area contributed by atoms with E-state index in [2.05, 4.69) is 0 Å². The highest BCUT2D eigenvalue weighted by Gasteiger charge is 2.26. The van der Waals surface area contributed by atoms with Crippen LogP contribution in [-0.2, 0) is 14.3 Å². The number of amides is 1. The first-order chi connectivity index (χ1) is 11.9. The Morgan fingerprint density at radius 3 is 2.32 bits per heavy atom. The molecule has 0 aliphatic carbocycles. The average Bonchev–Trinajstić information content (AvgIpc) is 2.59. The molecule has 0 spiro atoms. The number of hydrogen-bond acceptors (Lipinski definition) is 4. The zero-order valence-corrected chi connectivity index (χ0v) is 15.0. The van der Waals surface area contributed by atoms with Crippen LogP contribution in [0.1, 0.15) is 22.8 Å². The Morgan fingerprint density at radius 2 is 1.72 bits per heavy atom. The Labute approximate surface area is 148 Å². The first-order valence-corrected chi connectivity index (χ1v) is 8.04. The number of aryl methyl sites for hydroxylation is 2. The van der Waals surface area contributed by atoms with Crippen LogP contribution in [0.4, 0.5) is 0 Å². The number of likely N-dealkylation sites (N-methyl/N-ethyl adjacent to an activating group) is 1. The summed E-state index contributed by atoms with van der Waals surface area (Å²) in [4.78, 5) is 25.9. The topological polar surface area (TPSA) is 55.8 Å². The summed E-state index contributed by atoms with van der Waals surface area (Å²) in [7, 11) is 3.25. The van der Waals surface area contributed by atoms with Crippen molar-refractivity contribution in [1.29, 1.82) is 0 Å². The van der Waals surface area contributed by atoms with Gasteiger partial charge in [0.2, 0.25) is 6.10 Å². The molecular formula is C20H23NO4. The van der Waals surface area contributed by atoms with Gasteiger partial charge in [-0.15, -0.1) is 0 Å². The van der Waals surface area contributed by atoms with E-state index < -0.39 is 12.1 Å². The summed E-state index contributed by atoms with van der Waals surface area (Å²) in [6, 6.07) is 14.6. The number of hydrogen-bond donors (Lipinski definition) is 0. The third kappa shape index (κ3) is 5.08. The lowest BCUT2D eigenvalue weighted by molar-refractivity contribution is -0.161. The van der Waals surface area contributed by atoms with Crippen molar-refractivity contribution < 1.29 is 19.1 Å². The number of carbonyl (C=O) groups excluding carboxylic acids is 2. The molecule has 0 bridgehead atoms. The number of rotatable bonds is 6. The van der Waals surface area contributed by atoms with E-state index in [4.69, 9.17) is 9.47 Å². The van der Waals surface area contributed by atoms with Gasteiger partial charge in [-0.3, -0.25) is 4.79 Å². The molecule has 0 heterocycles. The fraction of sp³-hybridized carbons (Fsp3) is 0.300. The van der Waals surface area contributed by atoms with Gasteiger partial charge in [-0.05, 0) is 25.5 Å². The van der Waals surface area contributed by atoms with Crippen molar-refractivity contribution in [3.05, 3.63) is 65.2 Å². The lowest BCUT2D eigenvalue weighted by atomic mass is 10.1. The van der Waals surface area contributed by atoms with Gasteiger partial charge in [0.25, 0.3) is 5.91 Å². The Morgan fingerprint density at radius 1 is 1.04 bits per heavy atom. The molecule has 0 N–H and O–H groups in total. The second-order valence-corrected chi connectivity index (χ2v) is 6.07. The number of nitrogens with zero attached hydrogens (tertiary/aromatic N) is 1. The van der Waals surface area contributed by atoms with Crippen molar-refractivity contribution in [2.24, 2.45) is 0 Å². The standard InChI is InChI=1S/C20H23NO4/c1-14-10-11-17(15(2)12-14)24-13-18(22)25-19(20(23)21(3)4)16-8-6-5-7-9-16/h5-12,19H,13H2,1-4H3/t19-/m0/s1. The summed E-state index contributed by atoms with van der Waals surface area (Å²) < 4.78 is 10.9. The van der Waals surface area contributed by atoms with Crippen molar-refractivity contribution >= 4 is 11.9 Å². The van der Waals surface area contributed by atoms with Crippen LogP contribution in [0, 0.1) is 13.8 Å². The van der Waals surface area contributed by atoms with Gasteiger partial charge in [0.1, 0.15) is 5.75 Å². The highest BCUT2D eigenvalue weighted by atomic mass is 16.6. The van der Waals surface area contributed by atoms with E-state index in [1.165, 1.54) is 4.90 Å². The highest BCUT2D eigenvalue weighted by Crippen LogP contribution is 2.21. The van der Waals surface area contributed by atoms with Gasteiger partial charge < -0.3 is 14.4 Å². The fourth-order valence-corrected chi connectivity index (χ4v) is 2.39. The van der Waals surface area contributed by atoms with E-state index in [0.717, 1.165) is 11.1 Å². The molecule has 5 heteroatoms. The normalized spacial score (nSPS) is 11.5. The SMILES string of the molecule is Cc1ccc(OCC(=O)O[C@H](C(=O)N(C)C)c2ccccc2)c(C)c1. The van der Waals surface area contributed by atoms with Gasteiger partial charge in [0.15, 0.2) is 6.61 Å². The predicted octanol–water partition coefficient (Wildman–Crippen LogP) is 3.05. The van der Waals surface area contributed by atoms with Crippen molar-refractivity contribution in [3.8, 4) is 5.75 Å². The van der Waals surface area contributed by atoms with Crippen LogP contribution in [0.15, 0.2) is 48.5 Å². The van der Waals surface area contributed by atoms with Crippen molar-refractivity contribution in [1.82, 2.24) is 4.90 Å². The lowest BCUT2D eigenvalue weighted by Crippen LogP contribution is -2.32. The fourth-order valence-electron chi connectivity index (χ4n) is 2.39. The van der Waals surface area contributed by atoms with Gasteiger partial charge in [-0.25, -0.2) is 4.79 Å². The molecule has 0 aliphatic heterocycles. The molecule has 0 aromatic heterocycles. The summed E-state index contributed by atoms with van der Waals surface area (Å²) in [5, 5.41) is 0. The molecule has 5 nitrogen and oxygen atoms in total. The van der Waals surface area contributed by atoms with Gasteiger partial charge in [0.05, 0.1) is 0 Å². The highest BCUT2D eigenvalue weighted by molar-refractivity contribution is 5.85. The monoisotopic (exact) mass is 341 g/mol. The molecule has 0 saturated carbocycles. The van der Waals surface area contributed by atoms with Crippen LogP contribution in [0.3, 0.4) is 0 Å². The second kappa shape index (κ2) is 8.33. The van der Waals surface area contributed by atoms with Crippen LogP contribution in [0.25, 0.3) is 0 Å². The Hall–Kier alpha value is -2.82. The molecule has 2 aromatic carbocycles. The molecule has 25 heavy (non-hydrogen) atoms. The maximum atomic E-state index is 12.4. The van der Waals surface area contributed by atoms with Crippen molar-refractivity contribution in [3.63, 3.8) is 0 Å². The summed E-state index contributed by atoms with van der Waals surface area (Å²) in [5.74, 6) is -0.271. The molecular weight excluding hydrogens is 318 g/mol. The van der Waals surface area contributed by atoms with Crippen LogP contribution in [-0.4, -0.2) is 37.5 Å².